The molecule has 27 heavy (non-hydrogen) atoms. The zero-order valence-electron chi connectivity index (χ0n) is 15.2. The fraction of sp³-hybridized carbons (Fsp3) is 0.421. The first-order chi connectivity index (χ1) is 13.0. The molecule has 1 aromatic rings. The van der Waals surface area contributed by atoms with Crippen molar-refractivity contribution in [2.45, 2.75) is 25.4 Å². The molecule has 0 N–H and O–H groups in total. The van der Waals surface area contributed by atoms with Crippen molar-refractivity contribution in [3.8, 4) is 0 Å². The quantitative estimate of drug-likeness (QED) is 0.734. The molecule has 1 aliphatic carbocycles. The highest BCUT2D eigenvalue weighted by Crippen LogP contribution is 2.37. The molecular weight excluding hydrogens is 352 g/mol. The van der Waals surface area contributed by atoms with E-state index in [0.29, 0.717) is 23.8 Å². The van der Waals surface area contributed by atoms with Gasteiger partial charge in [-0.15, -0.1) is 0 Å². The van der Waals surface area contributed by atoms with Crippen LogP contribution in [-0.2, 0) is 30.3 Å². The summed E-state index contributed by atoms with van der Waals surface area (Å²) in [5.74, 6) is -1.24. The van der Waals surface area contributed by atoms with Gasteiger partial charge in [0, 0.05) is 23.8 Å². The Kier molecular flexibility index (Phi) is 4.35. The second-order valence-corrected chi connectivity index (χ2v) is 6.72. The second kappa shape index (κ2) is 6.70. The number of ether oxygens (including phenoxy) is 3. The van der Waals surface area contributed by atoms with Crippen LogP contribution in [0.25, 0.3) is 0 Å². The number of esters is 2. The van der Waals surface area contributed by atoms with E-state index >= 15 is 0 Å². The SMILES string of the molecule is COC(=O)C1=C(C(=O)OC)N(c2ccc3c(c2)CN(C2CC2)C3=O)COC1. The minimum atomic E-state index is -0.644. The van der Waals surface area contributed by atoms with Gasteiger partial charge in [0.05, 0.1) is 26.4 Å². The van der Waals surface area contributed by atoms with Crippen LogP contribution in [0.5, 0.6) is 0 Å². The van der Waals surface area contributed by atoms with Gasteiger partial charge in [-0.2, -0.15) is 0 Å². The van der Waals surface area contributed by atoms with Crippen molar-refractivity contribution in [2.24, 2.45) is 0 Å². The summed E-state index contributed by atoms with van der Waals surface area (Å²) in [4.78, 5) is 40.4. The molecule has 0 bridgehead atoms. The molecule has 8 nitrogen and oxygen atoms in total. The fourth-order valence-corrected chi connectivity index (χ4v) is 3.53. The molecule has 1 amide bonds. The number of anilines is 1. The van der Waals surface area contributed by atoms with Crippen molar-refractivity contribution < 1.29 is 28.6 Å². The highest BCUT2D eigenvalue weighted by Gasteiger charge is 2.39. The molecule has 0 radical (unpaired) electrons. The summed E-state index contributed by atoms with van der Waals surface area (Å²) >= 11 is 0. The van der Waals surface area contributed by atoms with Crippen LogP contribution in [0, 0.1) is 0 Å². The Balaban J connectivity index is 1.72. The number of carbonyl (C=O) groups excluding carboxylic acids is 3. The lowest BCUT2D eigenvalue weighted by molar-refractivity contribution is -0.140. The van der Waals surface area contributed by atoms with E-state index in [-0.39, 0.29) is 30.5 Å². The molecule has 0 unspecified atom stereocenters. The van der Waals surface area contributed by atoms with Gasteiger partial charge in [-0.3, -0.25) is 4.79 Å². The molecule has 1 aromatic carbocycles. The lowest BCUT2D eigenvalue weighted by atomic mass is 10.1. The van der Waals surface area contributed by atoms with Gasteiger partial charge in [0.25, 0.3) is 5.91 Å². The van der Waals surface area contributed by atoms with Crippen LogP contribution < -0.4 is 4.90 Å². The first kappa shape index (κ1) is 17.5. The standard InChI is InChI=1S/C19H20N2O6/c1-25-18(23)15-9-27-10-21(16(15)19(24)26-2)13-5-6-14-11(7-13)8-20(17(14)22)12-3-4-12/h5-7,12H,3-4,8-10H2,1-2H3. The van der Waals surface area contributed by atoms with Gasteiger partial charge < -0.3 is 24.0 Å². The van der Waals surface area contributed by atoms with E-state index in [0.717, 1.165) is 18.4 Å². The average Bonchev–Trinajstić information content (AvgIpc) is 3.49. The van der Waals surface area contributed by atoms with Crippen LogP contribution in [0.4, 0.5) is 5.69 Å². The molecule has 8 heteroatoms. The Morgan fingerprint density at radius 1 is 1.15 bits per heavy atom. The molecule has 0 saturated heterocycles. The summed E-state index contributed by atoms with van der Waals surface area (Å²) in [5.41, 5.74) is 2.44. The summed E-state index contributed by atoms with van der Waals surface area (Å²) in [6, 6.07) is 5.71. The van der Waals surface area contributed by atoms with E-state index in [1.807, 2.05) is 11.0 Å². The summed E-state index contributed by atoms with van der Waals surface area (Å²) in [5, 5.41) is 0. The van der Waals surface area contributed by atoms with Gasteiger partial charge >= 0.3 is 11.9 Å². The van der Waals surface area contributed by atoms with Gasteiger partial charge in [0.1, 0.15) is 12.4 Å². The summed E-state index contributed by atoms with van der Waals surface area (Å²) in [7, 11) is 2.50. The molecule has 142 valence electrons. The number of amides is 1. The molecule has 3 aliphatic rings. The molecular formula is C19H20N2O6. The van der Waals surface area contributed by atoms with Crippen LogP contribution in [-0.4, -0.2) is 56.3 Å². The van der Waals surface area contributed by atoms with Crippen LogP contribution in [0.2, 0.25) is 0 Å². The summed E-state index contributed by atoms with van der Waals surface area (Å²) in [6.45, 7) is 0.610. The molecule has 2 aliphatic heterocycles. The number of methoxy groups -OCH3 is 2. The van der Waals surface area contributed by atoms with Crippen molar-refractivity contribution in [3.63, 3.8) is 0 Å². The van der Waals surface area contributed by atoms with Crippen molar-refractivity contribution in [3.05, 3.63) is 40.6 Å². The van der Waals surface area contributed by atoms with E-state index < -0.39 is 11.9 Å². The molecule has 1 fully saturated rings. The molecule has 2 heterocycles. The zero-order chi connectivity index (χ0) is 19.1. The number of hydrogen-bond acceptors (Lipinski definition) is 7. The summed E-state index contributed by atoms with van der Waals surface area (Å²) in [6.07, 6.45) is 2.09. The smallest absolute Gasteiger partial charge is 0.355 e. The van der Waals surface area contributed by atoms with E-state index in [9.17, 15) is 14.4 Å². The van der Waals surface area contributed by atoms with Crippen molar-refractivity contribution >= 4 is 23.5 Å². The minimum Gasteiger partial charge on any atom is -0.466 e. The minimum absolute atomic E-state index is 0.0352. The molecule has 4 rings (SSSR count). The molecule has 1 saturated carbocycles. The van der Waals surface area contributed by atoms with Crippen molar-refractivity contribution in [1.82, 2.24) is 4.90 Å². The van der Waals surface area contributed by atoms with Gasteiger partial charge in [0.15, 0.2) is 0 Å². The lowest BCUT2D eigenvalue weighted by Crippen LogP contribution is -2.38. The monoisotopic (exact) mass is 372 g/mol. The zero-order valence-corrected chi connectivity index (χ0v) is 15.2. The largest absolute Gasteiger partial charge is 0.466 e. The van der Waals surface area contributed by atoms with Crippen molar-refractivity contribution in [1.29, 1.82) is 0 Å². The Morgan fingerprint density at radius 2 is 1.89 bits per heavy atom. The maximum atomic E-state index is 12.5. The highest BCUT2D eigenvalue weighted by molar-refractivity contribution is 6.04. The normalized spacial score (nSPS) is 19.3. The van der Waals surface area contributed by atoms with Crippen LogP contribution in [0.1, 0.15) is 28.8 Å². The predicted molar refractivity (Wildman–Crippen MR) is 93.7 cm³/mol. The van der Waals surface area contributed by atoms with Gasteiger partial charge in [0.2, 0.25) is 0 Å². The van der Waals surface area contributed by atoms with E-state index in [1.54, 1.807) is 17.0 Å². The molecule has 0 atom stereocenters. The van der Waals surface area contributed by atoms with Crippen molar-refractivity contribution in [2.75, 3.05) is 32.5 Å². The lowest BCUT2D eigenvalue weighted by Gasteiger charge is -2.31. The highest BCUT2D eigenvalue weighted by atomic mass is 16.5. The van der Waals surface area contributed by atoms with Crippen LogP contribution >= 0.6 is 0 Å². The van der Waals surface area contributed by atoms with E-state index in [4.69, 9.17) is 14.2 Å². The van der Waals surface area contributed by atoms with E-state index in [2.05, 4.69) is 0 Å². The summed E-state index contributed by atoms with van der Waals surface area (Å²) < 4.78 is 15.1. The van der Waals surface area contributed by atoms with Gasteiger partial charge in [-0.05, 0) is 36.6 Å². The Bertz CT molecular complexity index is 858. The first-order valence-corrected chi connectivity index (χ1v) is 8.74. The van der Waals surface area contributed by atoms with Gasteiger partial charge in [-0.25, -0.2) is 9.59 Å². The Labute approximate surface area is 156 Å². The predicted octanol–water partition coefficient (Wildman–Crippen LogP) is 1.20. The van der Waals surface area contributed by atoms with Crippen LogP contribution in [0.3, 0.4) is 0 Å². The third-order valence-corrected chi connectivity index (χ3v) is 5.05. The number of nitrogens with zero attached hydrogens (tertiary/aromatic N) is 2. The topological polar surface area (TPSA) is 85.4 Å². The number of carbonyl (C=O) groups is 3. The number of rotatable bonds is 4. The van der Waals surface area contributed by atoms with Gasteiger partial charge in [-0.1, -0.05) is 0 Å². The first-order valence-electron chi connectivity index (χ1n) is 8.74. The average molecular weight is 372 g/mol. The third-order valence-electron chi connectivity index (χ3n) is 5.05. The maximum Gasteiger partial charge on any atom is 0.355 e. The number of benzene rings is 1. The number of fused-ring (bicyclic) bond motifs is 1. The Morgan fingerprint density at radius 3 is 2.56 bits per heavy atom. The molecule has 0 aromatic heterocycles. The second-order valence-electron chi connectivity index (χ2n) is 6.72. The Hall–Kier alpha value is -2.87. The maximum absolute atomic E-state index is 12.5. The van der Waals surface area contributed by atoms with Crippen LogP contribution in [0.15, 0.2) is 29.5 Å². The number of hydrogen-bond donors (Lipinski definition) is 0. The van der Waals surface area contributed by atoms with E-state index in [1.165, 1.54) is 14.2 Å². The fourth-order valence-electron chi connectivity index (χ4n) is 3.53. The third kappa shape index (κ3) is 2.95. The molecule has 0 spiro atoms.